The summed E-state index contributed by atoms with van der Waals surface area (Å²) in [5.41, 5.74) is 3.88. The number of nitrogens with one attached hydrogen (secondary N) is 2. The molecule has 0 spiro atoms. The second-order valence-electron chi connectivity index (χ2n) is 11.6. The highest BCUT2D eigenvalue weighted by molar-refractivity contribution is 7.92. The molecule has 0 aliphatic carbocycles. The van der Waals surface area contributed by atoms with E-state index in [1.165, 1.54) is 0 Å². The van der Waals surface area contributed by atoms with Gasteiger partial charge >= 0.3 is 0 Å². The summed E-state index contributed by atoms with van der Waals surface area (Å²) in [6.07, 6.45) is 3.23. The molecule has 4 aromatic rings. The van der Waals surface area contributed by atoms with Crippen LogP contribution in [0.2, 0.25) is 0 Å². The van der Waals surface area contributed by atoms with E-state index in [0.29, 0.717) is 9.79 Å². The van der Waals surface area contributed by atoms with Crippen LogP contribution in [0.15, 0.2) is 58.6 Å². The van der Waals surface area contributed by atoms with Crippen molar-refractivity contribution in [2.75, 3.05) is 56.5 Å². The topological polar surface area (TPSA) is 199 Å². The van der Waals surface area contributed by atoms with Gasteiger partial charge in [-0.2, -0.15) is 0 Å². The highest BCUT2D eigenvalue weighted by Gasteiger charge is 2.26. The number of aromatic amines is 2. The Bertz CT molecular complexity index is 1750. The molecule has 14 nitrogen and oxygen atoms in total. The first-order chi connectivity index (χ1) is 19.5. The monoisotopic (exact) mass is 662 g/mol. The third-order valence-electron chi connectivity index (χ3n) is 5.72. The van der Waals surface area contributed by atoms with E-state index in [2.05, 4.69) is 72.8 Å². The van der Waals surface area contributed by atoms with Gasteiger partial charge in [0.15, 0.2) is 0 Å². The Morgan fingerprint density at radius 3 is 1.19 bits per heavy atom. The average molecular weight is 663 g/mol. The van der Waals surface area contributed by atoms with E-state index in [4.69, 9.17) is 0 Å². The van der Waals surface area contributed by atoms with Gasteiger partial charge in [0.25, 0.3) is 0 Å². The quantitative estimate of drug-likeness (QED) is 0.160. The number of fused-ring (bicyclic) bond motifs is 2. The SMILES string of the molecule is COS(=O)(=O)[O-].COS(=O)(=O)[O-].C[N+](C)(C)Cc1ccc2[nH]cc(S(=O)(=O)c3c[nH]c4ccc(C[N+](C)(C)C)cc34)c2c1. The number of quaternary nitrogens is 2. The molecule has 43 heavy (non-hydrogen) atoms. The summed E-state index contributed by atoms with van der Waals surface area (Å²) >= 11 is 0. The van der Waals surface area contributed by atoms with E-state index in [-0.39, 0.29) is 0 Å². The van der Waals surface area contributed by atoms with Crippen molar-refractivity contribution in [1.82, 2.24) is 9.97 Å². The number of hydrogen-bond acceptors (Lipinski definition) is 10. The molecule has 0 radical (unpaired) electrons. The first-order valence-electron chi connectivity index (χ1n) is 12.5. The lowest BCUT2D eigenvalue weighted by molar-refractivity contribution is -0.884. The first-order valence-corrected chi connectivity index (χ1v) is 16.7. The van der Waals surface area contributed by atoms with Crippen LogP contribution in [0, 0.1) is 0 Å². The number of sulfone groups is 1. The van der Waals surface area contributed by atoms with E-state index in [1.807, 2.05) is 24.3 Å². The molecule has 2 aromatic heterocycles. The van der Waals surface area contributed by atoms with E-state index < -0.39 is 30.6 Å². The number of aromatic nitrogens is 2. The zero-order chi connectivity index (χ0) is 33.0. The molecule has 0 bridgehead atoms. The first kappa shape index (κ1) is 36.3. The molecular weight excluding hydrogens is 625 g/mol. The fourth-order valence-corrected chi connectivity index (χ4v) is 5.72. The number of hydrogen-bond donors (Lipinski definition) is 2. The smallest absolute Gasteiger partial charge is 0.217 e. The van der Waals surface area contributed by atoms with Crippen LogP contribution in [0.4, 0.5) is 0 Å². The van der Waals surface area contributed by atoms with Crippen molar-refractivity contribution in [2.45, 2.75) is 22.9 Å². The zero-order valence-corrected chi connectivity index (χ0v) is 27.7. The van der Waals surface area contributed by atoms with Gasteiger partial charge in [-0.25, -0.2) is 25.3 Å². The van der Waals surface area contributed by atoms with Gasteiger partial charge < -0.3 is 28.0 Å². The molecular formula is C26H38N4O10S3. The Morgan fingerprint density at radius 2 is 0.930 bits per heavy atom. The van der Waals surface area contributed by atoms with Gasteiger partial charge in [-0.1, -0.05) is 12.1 Å². The maximum Gasteiger partial charge on any atom is 0.217 e. The summed E-state index contributed by atoms with van der Waals surface area (Å²) in [4.78, 5) is 6.93. The molecule has 4 rings (SSSR count). The van der Waals surface area contributed by atoms with E-state index >= 15 is 0 Å². The van der Waals surface area contributed by atoms with Gasteiger partial charge in [0.1, 0.15) is 13.1 Å². The third-order valence-corrected chi connectivity index (χ3v) is 8.37. The van der Waals surface area contributed by atoms with Gasteiger partial charge in [-0.3, -0.25) is 8.37 Å². The minimum Gasteiger partial charge on any atom is -0.726 e. The summed E-state index contributed by atoms with van der Waals surface area (Å²) in [6, 6.07) is 12.0. The van der Waals surface area contributed by atoms with Crippen molar-refractivity contribution in [3.8, 4) is 0 Å². The summed E-state index contributed by atoms with van der Waals surface area (Å²) in [5.74, 6) is 0. The van der Waals surface area contributed by atoms with Crippen LogP contribution >= 0.6 is 0 Å². The Morgan fingerprint density at radius 1 is 0.628 bits per heavy atom. The molecule has 2 N–H and O–H groups in total. The van der Waals surface area contributed by atoms with Crippen molar-refractivity contribution in [3.05, 3.63) is 59.9 Å². The van der Waals surface area contributed by atoms with Gasteiger partial charge in [0, 0.05) is 45.3 Å². The number of H-pyrrole nitrogens is 2. The third kappa shape index (κ3) is 11.3. The standard InChI is InChI=1S/C24H32N4O2S.2CH4O4S/c1-27(2,3)15-17-7-9-21-19(11-17)23(13-25-21)31(29,30)24-14-26-22-10-8-18(12-20(22)24)16-28(4,5)6;2*1-5-6(2,3)4/h7-14,25-26H,15-16H2,1-6H3;2*1H3,(H,2,3,4)/q+2;;/p-2. The molecule has 17 heteroatoms. The molecule has 0 aliphatic heterocycles. The van der Waals surface area contributed by atoms with Gasteiger partial charge in [-0.05, 0) is 24.3 Å². The van der Waals surface area contributed by atoms with Crippen LogP contribution in [-0.4, -0.2) is 110 Å². The summed E-state index contributed by atoms with van der Waals surface area (Å²) < 4.78 is 91.0. The Balaban J connectivity index is 0.000000455. The van der Waals surface area contributed by atoms with Crippen LogP contribution in [0.3, 0.4) is 0 Å². The predicted octanol–water partition coefficient (Wildman–Crippen LogP) is 2.08. The maximum atomic E-state index is 13.7. The normalized spacial score (nSPS) is 12.9. The highest BCUT2D eigenvalue weighted by Crippen LogP contribution is 2.33. The lowest BCUT2D eigenvalue weighted by Crippen LogP contribution is -2.33. The van der Waals surface area contributed by atoms with Gasteiger partial charge in [0.05, 0.1) is 66.3 Å². The predicted molar refractivity (Wildman–Crippen MR) is 159 cm³/mol. The molecule has 0 saturated heterocycles. The number of rotatable bonds is 8. The molecule has 2 heterocycles. The van der Waals surface area contributed by atoms with Crippen LogP contribution < -0.4 is 0 Å². The lowest BCUT2D eigenvalue weighted by atomic mass is 10.1. The average Bonchev–Trinajstić information content (AvgIpc) is 3.46. The Kier molecular flexibility index (Phi) is 11.3. The zero-order valence-electron chi connectivity index (χ0n) is 25.2. The van der Waals surface area contributed by atoms with E-state index in [0.717, 1.165) is 69.2 Å². The fourth-order valence-electron chi connectivity index (χ4n) is 4.14. The van der Waals surface area contributed by atoms with Crippen molar-refractivity contribution >= 4 is 52.4 Å². The van der Waals surface area contributed by atoms with E-state index in [1.54, 1.807) is 12.4 Å². The minimum absolute atomic E-state index is 0.323. The maximum absolute atomic E-state index is 13.7. The molecule has 0 unspecified atom stereocenters. The molecule has 0 saturated carbocycles. The summed E-state index contributed by atoms with van der Waals surface area (Å²) in [7, 11) is 1.84. The van der Waals surface area contributed by atoms with Gasteiger partial charge in [0.2, 0.25) is 30.6 Å². The largest absolute Gasteiger partial charge is 0.726 e. The van der Waals surface area contributed by atoms with Crippen LogP contribution in [-0.2, 0) is 52.1 Å². The molecule has 240 valence electrons. The van der Waals surface area contributed by atoms with Crippen molar-refractivity contribution in [2.24, 2.45) is 0 Å². The van der Waals surface area contributed by atoms with Crippen LogP contribution in [0.25, 0.3) is 21.8 Å². The molecule has 0 amide bonds. The molecule has 0 aliphatic rings. The summed E-state index contributed by atoms with van der Waals surface area (Å²) in [6.45, 7) is 1.64. The second-order valence-corrected chi connectivity index (χ2v) is 15.8. The van der Waals surface area contributed by atoms with Gasteiger partial charge in [-0.15, -0.1) is 0 Å². The molecule has 0 atom stereocenters. The Labute approximate surface area is 252 Å². The fraction of sp³-hybridized carbons (Fsp3) is 0.385. The second kappa shape index (κ2) is 13.4. The van der Waals surface area contributed by atoms with Crippen molar-refractivity contribution < 1.29 is 51.7 Å². The highest BCUT2D eigenvalue weighted by atomic mass is 32.3. The number of benzene rings is 2. The van der Waals surface area contributed by atoms with Crippen molar-refractivity contribution in [1.29, 1.82) is 0 Å². The lowest BCUT2D eigenvalue weighted by Gasteiger charge is -2.24. The number of nitrogens with zero attached hydrogens (tertiary/aromatic N) is 2. The van der Waals surface area contributed by atoms with Crippen LogP contribution in [0.1, 0.15) is 11.1 Å². The van der Waals surface area contributed by atoms with E-state index in [9.17, 15) is 34.4 Å². The summed E-state index contributed by atoms with van der Waals surface area (Å²) in [5, 5.41) is 1.48. The minimum atomic E-state index is -4.41. The molecule has 2 aromatic carbocycles. The van der Waals surface area contributed by atoms with Crippen LogP contribution in [0.5, 0.6) is 0 Å². The molecule has 0 fully saturated rings. The Hall–Kier alpha value is -2.87. The van der Waals surface area contributed by atoms with Crippen molar-refractivity contribution in [3.63, 3.8) is 0 Å².